The molecule has 0 N–H and O–H groups in total. The zero-order chi connectivity index (χ0) is 14.8. The van der Waals surface area contributed by atoms with Gasteiger partial charge in [-0.1, -0.05) is 29.8 Å². The Kier molecular flexibility index (Phi) is 3.58. The van der Waals surface area contributed by atoms with Crippen LogP contribution in [-0.2, 0) is 13.6 Å². The van der Waals surface area contributed by atoms with Crippen molar-refractivity contribution in [1.29, 1.82) is 0 Å². The monoisotopic (exact) mass is 300 g/mol. The van der Waals surface area contributed by atoms with Crippen LogP contribution in [0.1, 0.15) is 15.9 Å². The Morgan fingerprint density at radius 3 is 2.76 bits per heavy atom. The first-order chi connectivity index (χ1) is 10.2. The van der Waals surface area contributed by atoms with Crippen LogP contribution in [0.3, 0.4) is 0 Å². The smallest absolute Gasteiger partial charge is 0.153 e. The molecule has 106 valence electrons. The number of nitrogens with zero attached hydrogens (tertiary/aromatic N) is 4. The molecule has 3 rings (SSSR count). The van der Waals surface area contributed by atoms with Crippen molar-refractivity contribution in [2.45, 2.75) is 6.54 Å². The fourth-order valence-electron chi connectivity index (χ4n) is 2.21. The van der Waals surface area contributed by atoms with Gasteiger partial charge >= 0.3 is 0 Å². The topological polar surface area (TPSA) is 52.7 Å². The van der Waals surface area contributed by atoms with Gasteiger partial charge in [0.25, 0.3) is 0 Å². The van der Waals surface area contributed by atoms with Crippen molar-refractivity contribution in [2.24, 2.45) is 7.05 Å². The summed E-state index contributed by atoms with van der Waals surface area (Å²) in [6, 6.07) is 9.41. The standard InChI is InChI=1S/C15H13ClN4O/c1-19-14(6-7-17-19)15-12(10-21)9-20(18-15)8-11-4-2-3-5-13(11)16/h2-7,9-10H,8H2,1H3. The second-order valence-electron chi connectivity index (χ2n) is 4.68. The molecule has 0 saturated carbocycles. The van der Waals surface area contributed by atoms with Gasteiger partial charge in [0.1, 0.15) is 5.69 Å². The van der Waals surface area contributed by atoms with Crippen molar-refractivity contribution in [1.82, 2.24) is 19.6 Å². The molecule has 0 bridgehead atoms. The Morgan fingerprint density at radius 1 is 1.29 bits per heavy atom. The summed E-state index contributed by atoms with van der Waals surface area (Å²) < 4.78 is 3.41. The maximum atomic E-state index is 11.3. The van der Waals surface area contributed by atoms with Crippen molar-refractivity contribution < 1.29 is 4.79 Å². The van der Waals surface area contributed by atoms with Crippen LogP contribution < -0.4 is 0 Å². The van der Waals surface area contributed by atoms with Gasteiger partial charge in [0.2, 0.25) is 0 Å². The molecule has 5 nitrogen and oxygen atoms in total. The first-order valence-electron chi connectivity index (χ1n) is 6.43. The van der Waals surface area contributed by atoms with Gasteiger partial charge in [0.15, 0.2) is 6.29 Å². The summed E-state index contributed by atoms with van der Waals surface area (Å²) in [5.74, 6) is 0. The average molecular weight is 301 g/mol. The Morgan fingerprint density at radius 2 is 2.10 bits per heavy atom. The van der Waals surface area contributed by atoms with E-state index >= 15 is 0 Å². The molecule has 21 heavy (non-hydrogen) atoms. The van der Waals surface area contributed by atoms with E-state index in [1.54, 1.807) is 21.8 Å². The minimum Gasteiger partial charge on any atom is -0.298 e. The quantitative estimate of drug-likeness (QED) is 0.696. The lowest BCUT2D eigenvalue weighted by Crippen LogP contribution is -2.01. The van der Waals surface area contributed by atoms with Crippen LogP contribution in [-0.4, -0.2) is 25.8 Å². The molecule has 3 aromatic rings. The predicted octanol–water partition coefficient (Wildman–Crippen LogP) is 2.80. The van der Waals surface area contributed by atoms with Gasteiger partial charge in [-0.05, 0) is 17.7 Å². The van der Waals surface area contributed by atoms with E-state index in [0.717, 1.165) is 17.5 Å². The third kappa shape index (κ3) is 2.60. The number of halogens is 1. The Hall–Kier alpha value is -2.40. The molecule has 0 saturated heterocycles. The van der Waals surface area contributed by atoms with E-state index in [4.69, 9.17) is 11.6 Å². The summed E-state index contributed by atoms with van der Waals surface area (Å²) in [6.07, 6.45) is 4.20. The molecule has 0 aliphatic carbocycles. The highest BCUT2D eigenvalue weighted by molar-refractivity contribution is 6.31. The van der Waals surface area contributed by atoms with E-state index in [1.807, 2.05) is 37.4 Å². The molecule has 0 radical (unpaired) electrons. The van der Waals surface area contributed by atoms with Gasteiger partial charge in [0.05, 0.1) is 17.8 Å². The van der Waals surface area contributed by atoms with Gasteiger partial charge in [-0.3, -0.25) is 14.2 Å². The highest BCUT2D eigenvalue weighted by atomic mass is 35.5. The zero-order valence-electron chi connectivity index (χ0n) is 11.4. The predicted molar refractivity (Wildman–Crippen MR) is 80.4 cm³/mol. The molecule has 2 heterocycles. The minimum atomic E-state index is 0.512. The number of aromatic nitrogens is 4. The van der Waals surface area contributed by atoms with E-state index in [-0.39, 0.29) is 0 Å². The third-order valence-electron chi connectivity index (χ3n) is 3.27. The van der Waals surface area contributed by atoms with E-state index < -0.39 is 0 Å². The molecule has 0 spiro atoms. The average Bonchev–Trinajstić information content (AvgIpc) is 3.07. The number of aryl methyl sites for hydroxylation is 1. The van der Waals surface area contributed by atoms with Crippen LogP contribution in [0, 0.1) is 0 Å². The first kappa shape index (κ1) is 13.6. The number of carbonyl (C=O) groups is 1. The van der Waals surface area contributed by atoms with E-state index in [9.17, 15) is 4.79 Å². The van der Waals surface area contributed by atoms with Crippen molar-refractivity contribution in [3.05, 3.63) is 58.9 Å². The number of carbonyl (C=O) groups excluding carboxylic acids is 1. The summed E-state index contributed by atoms with van der Waals surface area (Å²) in [5.41, 5.74) is 2.91. The fraction of sp³-hybridized carbons (Fsp3) is 0.133. The van der Waals surface area contributed by atoms with Crippen molar-refractivity contribution in [3.8, 4) is 11.4 Å². The Labute approximate surface area is 126 Å². The highest BCUT2D eigenvalue weighted by Gasteiger charge is 2.14. The van der Waals surface area contributed by atoms with Crippen LogP contribution in [0.4, 0.5) is 0 Å². The number of hydrogen-bond donors (Lipinski definition) is 0. The largest absolute Gasteiger partial charge is 0.298 e. The van der Waals surface area contributed by atoms with E-state index in [1.165, 1.54) is 0 Å². The molecule has 0 amide bonds. The summed E-state index contributed by atoms with van der Waals surface area (Å²) in [6.45, 7) is 0.512. The molecule has 2 aromatic heterocycles. The van der Waals surface area contributed by atoms with Crippen LogP contribution in [0.5, 0.6) is 0 Å². The maximum absolute atomic E-state index is 11.3. The van der Waals surface area contributed by atoms with Gasteiger partial charge in [-0.25, -0.2) is 0 Å². The number of hydrogen-bond acceptors (Lipinski definition) is 3. The molecule has 0 fully saturated rings. The molecule has 1 aromatic carbocycles. The summed E-state index contributed by atoms with van der Waals surface area (Å²) in [7, 11) is 1.82. The highest BCUT2D eigenvalue weighted by Crippen LogP contribution is 2.21. The third-order valence-corrected chi connectivity index (χ3v) is 3.64. The molecular weight excluding hydrogens is 288 g/mol. The number of rotatable bonds is 4. The number of benzene rings is 1. The van der Waals surface area contributed by atoms with Crippen molar-refractivity contribution >= 4 is 17.9 Å². The lowest BCUT2D eigenvalue weighted by molar-refractivity contribution is 0.112. The second-order valence-corrected chi connectivity index (χ2v) is 5.09. The van der Waals surface area contributed by atoms with Gasteiger partial charge < -0.3 is 0 Å². The molecule has 0 aliphatic rings. The molecule has 0 atom stereocenters. The van der Waals surface area contributed by atoms with Crippen molar-refractivity contribution in [2.75, 3.05) is 0 Å². The van der Waals surface area contributed by atoms with Crippen LogP contribution in [0.25, 0.3) is 11.4 Å². The van der Waals surface area contributed by atoms with Crippen LogP contribution >= 0.6 is 11.6 Å². The van der Waals surface area contributed by atoms with Crippen LogP contribution in [0.2, 0.25) is 5.02 Å². The number of aldehydes is 1. The fourth-order valence-corrected chi connectivity index (χ4v) is 2.41. The summed E-state index contributed by atoms with van der Waals surface area (Å²) in [4.78, 5) is 11.3. The molecule has 0 aliphatic heterocycles. The van der Waals surface area contributed by atoms with E-state index in [2.05, 4.69) is 10.2 Å². The lowest BCUT2D eigenvalue weighted by Gasteiger charge is -2.04. The van der Waals surface area contributed by atoms with E-state index in [0.29, 0.717) is 22.8 Å². The summed E-state index contributed by atoms with van der Waals surface area (Å²) in [5, 5.41) is 9.28. The molecule has 6 heteroatoms. The molecular formula is C15H13ClN4O. The normalized spacial score (nSPS) is 10.8. The lowest BCUT2D eigenvalue weighted by atomic mass is 10.2. The Bertz CT molecular complexity index is 791. The van der Waals surface area contributed by atoms with Gasteiger partial charge in [-0.15, -0.1) is 0 Å². The second kappa shape index (κ2) is 5.54. The zero-order valence-corrected chi connectivity index (χ0v) is 12.2. The SMILES string of the molecule is Cn1nccc1-c1nn(Cc2ccccc2Cl)cc1C=O. The van der Waals surface area contributed by atoms with Gasteiger partial charge in [0, 0.05) is 24.5 Å². The van der Waals surface area contributed by atoms with Crippen LogP contribution in [0.15, 0.2) is 42.7 Å². The summed E-state index contributed by atoms with van der Waals surface area (Å²) >= 11 is 6.15. The van der Waals surface area contributed by atoms with Gasteiger partial charge in [-0.2, -0.15) is 10.2 Å². The van der Waals surface area contributed by atoms with Crippen molar-refractivity contribution in [3.63, 3.8) is 0 Å². The first-order valence-corrected chi connectivity index (χ1v) is 6.81. The maximum Gasteiger partial charge on any atom is 0.153 e. The minimum absolute atomic E-state index is 0.512. The molecule has 0 unspecified atom stereocenters. The Balaban J connectivity index is 1.99.